The minimum Gasteiger partial charge on any atom is -0.388 e. The Balaban J connectivity index is 1.58. The number of nitrogens with one attached hydrogen (secondary N) is 1. The molecule has 5 rings (SSSR count). The zero-order valence-electron chi connectivity index (χ0n) is 20.5. The van der Waals surface area contributed by atoms with Crippen LogP contribution in [0.3, 0.4) is 0 Å². The number of benzene rings is 4. The summed E-state index contributed by atoms with van der Waals surface area (Å²) in [5, 5.41) is 25.2. The summed E-state index contributed by atoms with van der Waals surface area (Å²) >= 11 is -1.53. The van der Waals surface area contributed by atoms with Crippen LogP contribution in [0.4, 0.5) is 5.69 Å². The molecule has 0 radical (unpaired) electrons. The third-order valence-electron chi connectivity index (χ3n) is 5.95. The van der Waals surface area contributed by atoms with Gasteiger partial charge < -0.3 is 9.87 Å². The second-order valence-corrected chi connectivity index (χ2v) is 11.4. The van der Waals surface area contributed by atoms with Crippen molar-refractivity contribution in [3.63, 3.8) is 0 Å². The zero-order chi connectivity index (χ0) is 28.4. The predicted molar refractivity (Wildman–Crippen MR) is 151 cm³/mol. The fourth-order valence-corrected chi connectivity index (χ4v) is 5.91. The van der Waals surface area contributed by atoms with Gasteiger partial charge in [-0.05, 0) is 41.5 Å². The van der Waals surface area contributed by atoms with Crippen molar-refractivity contribution in [2.45, 2.75) is 14.7 Å². The molecule has 0 fully saturated rings. The Morgan fingerprint density at radius 2 is 1.73 bits per heavy atom. The lowest BCUT2D eigenvalue weighted by molar-refractivity contribution is -0.432. The average Bonchev–Trinajstić information content (AvgIpc) is 3.38. The van der Waals surface area contributed by atoms with Crippen molar-refractivity contribution in [2.24, 2.45) is 0 Å². The van der Waals surface area contributed by atoms with Gasteiger partial charge in [0.1, 0.15) is 15.9 Å². The minimum atomic E-state index is -4.67. The highest BCUT2D eigenvalue weighted by molar-refractivity contribution is 7.94. The minimum absolute atomic E-state index is 0.172. The van der Waals surface area contributed by atoms with E-state index >= 15 is 0 Å². The molecule has 15 heteroatoms. The second kappa shape index (κ2) is 11.4. The van der Waals surface area contributed by atoms with E-state index in [1.807, 2.05) is 0 Å². The van der Waals surface area contributed by atoms with Gasteiger partial charge in [0, 0.05) is 28.4 Å². The van der Waals surface area contributed by atoms with Gasteiger partial charge in [0.15, 0.2) is 11.1 Å². The number of hydrogen-bond donors (Lipinski definition) is 4. The summed E-state index contributed by atoms with van der Waals surface area (Å²) in [6.45, 7) is 0. The molecule has 0 aliphatic rings. The SMILES string of the molecule is CNc1ccc(C=Cc2ccc(-n3nc4cc(S(=O)O)c5ccccc5c4n3)cc2S(=O)(=O)O)c(SOOO)c1. The van der Waals surface area contributed by atoms with Gasteiger partial charge in [-0.2, -0.15) is 13.2 Å². The molecule has 5 aromatic rings. The maximum absolute atomic E-state index is 12.3. The highest BCUT2D eigenvalue weighted by Gasteiger charge is 2.19. The molecule has 1 unspecified atom stereocenters. The van der Waals surface area contributed by atoms with Crippen LogP contribution in [0.1, 0.15) is 11.1 Å². The van der Waals surface area contributed by atoms with Crippen LogP contribution in [0, 0.1) is 0 Å². The first-order valence-corrected chi connectivity index (χ1v) is 14.6. The van der Waals surface area contributed by atoms with Crippen molar-refractivity contribution >= 4 is 72.9 Å². The van der Waals surface area contributed by atoms with Crippen LogP contribution in [0.15, 0.2) is 81.4 Å². The van der Waals surface area contributed by atoms with Gasteiger partial charge in [-0.1, -0.05) is 53.6 Å². The highest BCUT2D eigenvalue weighted by Crippen LogP contribution is 2.31. The summed E-state index contributed by atoms with van der Waals surface area (Å²) < 4.78 is 60.9. The number of fused-ring (bicyclic) bond motifs is 3. The molecule has 4 N–H and O–H groups in total. The summed E-state index contributed by atoms with van der Waals surface area (Å²) in [7, 11) is -2.94. The monoisotopic (exact) mass is 600 g/mol. The van der Waals surface area contributed by atoms with Gasteiger partial charge in [0.2, 0.25) is 0 Å². The van der Waals surface area contributed by atoms with Crippen molar-refractivity contribution in [1.29, 1.82) is 0 Å². The van der Waals surface area contributed by atoms with Crippen molar-refractivity contribution in [1.82, 2.24) is 15.0 Å². The van der Waals surface area contributed by atoms with E-state index in [4.69, 9.17) is 5.26 Å². The third kappa shape index (κ3) is 5.63. The lowest BCUT2D eigenvalue weighted by Crippen LogP contribution is -2.05. The van der Waals surface area contributed by atoms with Crippen LogP contribution >= 0.6 is 12.0 Å². The summed E-state index contributed by atoms with van der Waals surface area (Å²) in [5.41, 5.74) is 2.56. The topological polar surface area (TPSA) is 173 Å². The number of hydrogen-bond acceptors (Lipinski definition) is 10. The van der Waals surface area contributed by atoms with Crippen LogP contribution < -0.4 is 5.32 Å². The van der Waals surface area contributed by atoms with Gasteiger partial charge in [-0.15, -0.1) is 14.5 Å². The first-order valence-electron chi connectivity index (χ1n) is 11.4. The molecule has 0 saturated carbocycles. The van der Waals surface area contributed by atoms with Gasteiger partial charge in [-0.25, -0.2) is 9.47 Å². The van der Waals surface area contributed by atoms with E-state index in [0.717, 1.165) is 17.7 Å². The van der Waals surface area contributed by atoms with Gasteiger partial charge in [0.05, 0.1) is 22.6 Å². The fourth-order valence-electron chi connectivity index (χ4n) is 4.11. The van der Waals surface area contributed by atoms with E-state index < -0.39 is 21.2 Å². The lowest BCUT2D eigenvalue weighted by atomic mass is 10.1. The summed E-state index contributed by atoms with van der Waals surface area (Å²) in [4.78, 5) is 1.52. The largest absolute Gasteiger partial charge is 0.388 e. The normalized spacial score (nSPS) is 12.9. The molecule has 0 amide bonds. The number of rotatable bonds is 9. The fraction of sp³-hybridized carbons (Fsp3) is 0.0400. The second-order valence-electron chi connectivity index (χ2n) is 8.29. The number of aromatic nitrogens is 3. The van der Waals surface area contributed by atoms with Crippen LogP contribution in [0.25, 0.3) is 39.6 Å². The molecule has 206 valence electrons. The quantitative estimate of drug-likeness (QED) is 0.0444. The van der Waals surface area contributed by atoms with Gasteiger partial charge >= 0.3 is 0 Å². The van der Waals surface area contributed by atoms with Gasteiger partial charge in [0.25, 0.3) is 10.1 Å². The molecule has 0 bridgehead atoms. The smallest absolute Gasteiger partial charge is 0.295 e. The predicted octanol–water partition coefficient (Wildman–Crippen LogP) is 5.04. The Hall–Kier alpha value is -3.67. The molecule has 0 aliphatic heterocycles. The molecule has 1 atom stereocenters. The van der Waals surface area contributed by atoms with E-state index in [-0.39, 0.29) is 21.0 Å². The molecule has 4 aromatic carbocycles. The van der Waals surface area contributed by atoms with Crippen LogP contribution in [0.5, 0.6) is 0 Å². The third-order valence-corrected chi connectivity index (χ3v) is 8.23. The first-order chi connectivity index (χ1) is 19.2. The van der Waals surface area contributed by atoms with E-state index in [1.165, 1.54) is 29.1 Å². The van der Waals surface area contributed by atoms with E-state index in [1.54, 1.807) is 61.7 Å². The molecule has 0 spiro atoms. The van der Waals surface area contributed by atoms with Crippen LogP contribution in [-0.2, 0) is 30.6 Å². The maximum Gasteiger partial charge on any atom is 0.295 e. The van der Waals surface area contributed by atoms with E-state index in [9.17, 15) is 21.7 Å². The van der Waals surface area contributed by atoms with Crippen LogP contribution in [0.2, 0.25) is 0 Å². The summed E-state index contributed by atoms with van der Waals surface area (Å²) in [6.07, 6.45) is 3.10. The molecule has 0 aliphatic carbocycles. The first kappa shape index (κ1) is 27.9. The van der Waals surface area contributed by atoms with Crippen LogP contribution in [-0.4, -0.2) is 49.0 Å². The molecule has 1 aromatic heterocycles. The lowest BCUT2D eigenvalue weighted by Gasteiger charge is -2.08. The van der Waals surface area contributed by atoms with Crippen molar-refractivity contribution in [3.05, 3.63) is 77.9 Å². The maximum atomic E-state index is 12.3. The summed E-state index contributed by atoms with van der Waals surface area (Å²) in [6, 6.07) is 17.9. The zero-order valence-corrected chi connectivity index (χ0v) is 22.9. The molecule has 0 saturated heterocycles. The van der Waals surface area contributed by atoms with Crippen molar-refractivity contribution < 1.29 is 36.4 Å². The number of anilines is 1. The Kier molecular flexibility index (Phi) is 7.97. The molecule has 40 heavy (non-hydrogen) atoms. The molecular weight excluding hydrogens is 580 g/mol. The Labute approximate surface area is 234 Å². The average molecular weight is 601 g/mol. The Morgan fingerprint density at radius 1 is 1.00 bits per heavy atom. The Morgan fingerprint density at radius 3 is 2.42 bits per heavy atom. The molecule has 1 heterocycles. The molecular formula is C25H20N4O8S3. The van der Waals surface area contributed by atoms with Crippen molar-refractivity contribution in [2.75, 3.05) is 12.4 Å². The van der Waals surface area contributed by atoms with E-state index in [0.29, 0.717) is 32.3 Å². The van der Waals surface area contributed by atoms with Crippen molar-refractivity contribution in [3.8, 4) is 5.69 Å². The summed E-state index contributed by atoms with van der Waals surface area (Å²) in [5.74, 6) is 0. The Bertz CT molecular complexity index is 1910. The standard InChI is InChI=1S/C25H20N4O8S3/c1-26-17-10-8-15(22(12-17)38-37-36-30)6-7-16-9-11-18(13-24(16)40(33,34)35)29-27-21-14-23(39(31)32)19-4-2-3-5-20(19)25(21)28-29/h2-14,26,30H,1H3,(H,31,32)(H,33,34,35). The van der Waals surface area contributed by atoms with Gasteiger partial charge in [-0.3, -0.25) is 4.55 Å². The highest BCUT2D eigenvalue weighted by atomic mass is 32.2. The molecule has 12 nitrogen and oxygen atoms in total. The van der Waals surface area contributed by atoms with E-state index in [2.05, 4.69) is 24.9 Å². The number of nitrogens with zero attached hydrogens (tertiary/aromatic N) is 3.